The summed E-state index contributed by atoms with van der Waals surface area (Å²) in [4.78, 5) is 15.9. The zero-order chi connectivity index (χ0) is 19.6. The maximum atomic E-state index is 13.0. The van der Waals surface area contributed by atoms with Gasteiger partial charge >= 0.3 is 0 Å². The van der Waals surface area contributed by atoms with Crippen molar-refractivity contribution in [2.24, 2.45) is 16.6 Å². The van der Waals surface area contributed by atoms with Crippen molar-refractivity contribution in [3.63, 3.8) is 0 Å². The third kappa shape index (κ3) is 7.34. The number of benzene rings is 2. The summed E-state index contributed by atoms with van der Waals surface area (Å²) >= 11 is 0. The Hall–Kier alpha value is -2.36. The second kappa shape index (κ2) is 12.2. The number of halogens is 2. The second-order valence-corrected chi connectivity index (χ2v) is 6.05. The predicted octanol–water partition coefficient (Wildman–Crippen LogP) is 2.46. The van der Waals surface area contributed by atoms with Crippen LogP contribution in [0.2, 0.25) is 0 Å². The van der Waals surface area contributed by atoms with E-state index in [2.05, 4.69) is 15.6 Å². The molecule has 2 aromatic carbocycles. The zero-order valence-electron chi connectivity index (χ0n) is 15.9. The largest absolute Gasteiger partial charge is 0.496 e. The first kappa shape index (κ1) is 23.7. The van der Waals surface area contributed by atoms with E-state index in [1.165, 1.54) is 12.1 Å². The Balaban J connectivity index is 0.00000392. The van der Waals surface area contributed by atoms with E-state index in [0.717, 1.165) is 16.9 Å². The Bertz CT molecular complexity index is 784. The normalized spacial score (nSPS) is 11.9. The maximum Gasteiger partial charge on any atom is 0.222 e. The molecule has 4 N–H and O–H groups in total. The van der Waals surface area contributed by atoms with Crippen LogP contribution < -0.4 is 21.1 Å². The lowest BCUT2D eigenvalue weighted by Gasteiger charge is -2.18. The number of primary amides is 1. The smallest absolute Gasteiger partial charge is 0.222 e. The highest BCUT2D eigenvalue weighted by atomic mass is 127. The molecular weight excluding hydrogens is 474 g/mol. The van der Waals surface area contributed by atoms with Crippen LogP contribution in [-0.2, 0) is 17.8 Å². The molecule has 2 aromatic rings. The quantitative estimate of drug-likeness (QED) is 0.295. The van der Waals surface area contributed by atoms with Crippen LogP contribution in [0, 0.1) is 11.7 Å². The van der Waals surface area contributed by atoms with Crippen LogP contribution in [0.4, 0.5) is 4.39 Å². The molecule has 1 unspecified atom stereocenters. The Kier molecular flexibility index (Phi) is 10.3. The fraction of sp³-hybridized carbons (Fsp3) is 0.300. The van der Waals surface area contributed by atoms with Gasteiger partial charge in [0, 0.05) is 25.7 Å². The Morgan fingerprint density at radius 1 is 1.18 bits per heavy atom. The van der Waals surface area contributed by atoms with E-state index in [1.54, 1.807) is 26.3 Å². The SMILES string of the molecule is CN=C(NCc1ccccc1OC)NCC(Cc1ccc(F)cc1)C(N)=O.I. The highest BCUT2D eigenvalue weighted by Gasteiger charge is 2.17. The number of para-hydroxylation sites is 1. The van der Waals surface area contributed by atoms with Gasteiger partial charge in [-0.25, -0.2) is 4.39 Å². The molecule has 0 saturated heterocycles. The topological polar surface area (TPSA) is 88.7 Å². The fourth-order valence-electron chi connectivity index (χ4n) is 2.65. The minimum Gasteiger partial charge on any atom is -0.496 e. The van der Waals surface area contributed by atoms with Gasteiger partial charge in [-0.1, -0.05) is 30.3 Å². The lowest BCUT2D eigenvalue weighted by molar-refractivity contribution is -0.121. The molecule has 1 amide bonds. The third-order valence-electron chi connectivity index (χ3n) is 4.18. The number of nitrogens with zero attached hydrogens (tertiary/aromatic N) is 1. The first-order valence-corrected chi connectivity index (χ1v) is 8.63. The van der Waals surface area contributed by atoms with Crippen molar-refractivity contribution in [2.75, 3.05) is 20.7 Å². The summed E-state index contributed by atoms with van der Waals surface area (Å²) in [5, 5.41) is 6.30. The van der Waals surface area contributed by atoms with Gasteiger partial charge in [-0.3, -0.25) is 9.79 Å². The standard InChI is InChI=1S/C20H25FN4O2.HI/c1-23-20(24-12-15-5-3-4-6-18(15)27-2)25-13-16(19(22)26)11-14-7-9-17(21)10-8-14;/h3-10,16H,11-13H2,1-2H3,(H2,22,26)(H2,23,24,25);1H. The van der Waals surface area contributed by atoms with Crippen LogP contribution in [0.3, 0.4) is 0 Å². The van der Waals surface area contributed by atoms with Crippen molar-refractivity contribution in [3.8, 4) is 5.75 Å². The summed E-state index contributed by atoms with van der Waals surface area (Å²) in [6.07, 6.45) is 0.423. The molecule has 0 aromatic heterocycles. The Morgan fingerprint density at radius 2 is 1.86 bits per heavy atom. The molecular formula is C20H26FIN4O2. The molecule has 1 atom stereocenters. The van der Waals surface area contributed by atoms with E-state index in [0.29, 0.717) is 25.5 Å². The van der Waals surface area contributed by atoms with E-state index in [4.69, 9.17) is 10.5 Å². The molecule has 0 aliphatic rings. The molecule has 0 bridgehead atoms. The minimum atomic E-state index is -0.444. The van der Waals surface area contributed by atoms with Crippen LogP contribution in [-0.4, -0.2) is 32.6 Å². The van der Waals surface area contributed by atoms with E-state index < -0.39 is 11.8 Å². The fourth-order valence-corrected chi connectivity index (χ4v) is 2.65. The molecule has 0 aliphatic carbocycles. The highest BCUT2D eigenvalue weighted by Crippen LogP contribution is 2.16. The predicted molar refractivity (Wildman–Crippen MR) is 119 cm³/mol. The summed E-state index contributed by atoms with van der Waals surface area (Å²) in [6, 6.07) is 13.7. The lowest BCUT2D eigenvalue weighted by Crippen LogP contribution is -2.42. The summed E-state index contributed by atoms with van der Waals surface area (Å²) in [5.41, 5.74) is 7.35. The second-order valence-electron chi connectivity index (χ2n) is 6.05. The van der Waals surface area contributed by atoms with Crippen LogP contribution in [0.1, 0.15) is 11.1 Å². The van der Waals surface area contributed by atoms with Crippen molar-refractivity contribution in [1.82, 2.24) is 10.6 Å². The average Bonchev–Trinajstić information content (AvgIpc) is 2.68. The monoisotopic (exact) mass is 500 g/mol. The number of carbonyl (C=O) groups excluding carboxylic acids is 1. The number of carbonyl (C=O) groups is 1. The molecule has 0 saturated carbocycles. The maximum absolute atomic E-state index is 13.0. The number of nitrogens with one attached hydrogen (secondary N) is 2. The van der Waals surface area contributed by atoms with Crippen LogP contribution in [0.5, 0.6) is 5.75 Å². The van der Waals surface area contributed by atoms with Crippen LogP contribution >= 0.6 is 24.0 Å². The van der Waals surface area contributed by atoms with Crippen molar-refractivity contribution >= 4 is 35.8 Å². The van der Waals surface area contributed by atoms with Gasteiger partial charge in [0.25, 0.3) is 0 Å². The zero-order valence-corrected chi connectivity index (χ0v) is 18.3. The number of hydrogen-bond acceptors (Lipinski definition) is 3. The summed E-state index contributed by atoms with van der Waals surface area (Å²) in [5.74, 6) is 0.152. The van der Waals surface area contributed by atoms with Gasteiger partial charge in [0.2, 0.25) is 5.91 Å². The number of methoxy groups -OCH3 is 1. The number of guanidine groups is 1. The molecule has 152 valence electrons. The van der Waals surface area contributed by atoms with Crippen LogP contribution in [0.25, 0.3) is 0 Å². The Morgan fingerprint density at radius 3 is 2.46 bits per heavy atom. The van der Waals surface area contributed by atoms with Gasteiger partial charge in [0.15, 0.2) is 5.96 Å². The van der Waals surface area contributed by atoms with Gasteiger partial charge < -0.3 is 21.1 Å². The molecule has 0 aliphatic heterocycles. The third-order valence-corrected chi connectivity index (χ3v) is 4.18. The molecule has 2 rings (SSSR count). The molecule has 0 fully saturated rings. The summed E-state index contributed by atoms with van der Waals surface area (Å²) in [7, 11) is 3.27. The van der Waals surface area contributed by atoms with Crippen molar-refractivity contribution < 1.29 is 13.9 Å². The number of aliphatic imine (C=N–C) groups is 1. The van der Waals surface area contributed by atoms with E-state index in [1.807, 2.05) is 24.3 Å². The number of nitrogens with two attached hydrogens (primary N) is 1. The van der Waals surface area contributed by atoms with Gasteiger partial charge in [-0.15, -0.1) is 24.0 Å². The number of hydrogen-bond donors (Lipinski definition) is 3. The van der Waals surface area contributed by atoms with Gasteiger partial charge in [0.05, 0.1) is 13.0 Å². The van der Waals surface area contributed by atoms with Crippen LogP contribution in [0.15, 0.2) is 53.5 Å². The molecule has 8 heteroatoms. The van der Waals surface area contributed by atoms with E-state index in [9.17, 15) is 9.18 Å². The lowest BCUT2D eigenvalue weighted by atomic mass is 9.98. The number of ether oxygens (including phenoxy) is 1. The average molecular weight is 500 g/mol. The first-order valence-electron chi connectivity index (χ1n) is 8.63. The van der Waals surface area contributed by atoms with E-state index in [-0.39, 0.29) is 29.8 Å². The molecule has 0 heterocycles. The highest BCUT2D eigenvalue weighted by molar-refractivity contribution is 14.0. The minimum absolute atomic E-state index is 0. The van der Waals surface area contributed by atoms with Gasteiger partial charge in [0.1, 0.15) is 11.6 Å². The first-order chi connectivity index (χ1) is 13.0. The molecule has 6 nitrogen and oxygen atoms in total. The number of amides is 1. The van der Waals surface area contributed by atoms with E-state index >= 15 is 0 Å². The van der Waals surface area contributed by atoms with Crippen molar-refractivity contribution in [1.29, 1.82) is 0 Å². The van der Waals surface area contributed by atoms with Crippen molar-refractivity contribution in [3.05, 3.63) is 65.5 Å². The molecule has 0 spiro atoms. The number of rotatable bonds is 8. The summed E-state index contributed by atoms with van der Waals surface area (Å²) < 4.78 is 18.4. The van der Waals surface area contributed by atoms with Crippen molar-refractivity contribution in [2.45, 2.75) is 13.0 Å². The molecule has 0 radical (unpaired) electrons. The van der Waals surface area contributed by atoms with Gasteiger partial charge in [-0.2, -0.15) is 0 Å². The summed E-state index contributed by atoms with van der Waals surface area (Å²) in [6.45, 7) is 0.835. The molecule has 28 heavy (non-hydrogen) atoms. The van der Waals surface area contributed by atoms with Gasteiger partial charge in [-0.05, 0) is 30.2 Å². The Labute approximate surface area is 181 Å².